The van der Waals surface area contributed by atoms with E-state index in [9.17, 15) is 0 Å². The number of hydrogen-bond acceptors (Lipinski definition) is 0. The highest BCUT2D eigenvalue weighted by molar-refractivity contribution is 8.13. The summed E-state index contributed by atoms with van der Waals surface area (Å²) >= 11 is 0. The molecule has 3 rings (SSSR count). The molecule has 2 fully saturated rings. The molecule has 2 aliphatic rings. The van der Waals surface area contributed by atoms with Gasteiger partial charge in [-0.15, -0.1) is 17.2 Å². The SMILES string of the molecule is C.CCc1ccc(CCC(CPPC)CC(C)CCC2CCC3(CC2)CC3P(C)P)cc1. The van der Waals surface area contributed by atoms with Gasteiger partial charge in [0.25, 0.3) is 0 Å². The van der Waals surface area contributed by atoms with Gasteiger partial charge in [0.1, 0.15) is 0 Å². The summed E-state index contributed by atoms with van der Waals surface area (Å²) in [4.78, 5) is 0. The van der Waals surface area contributed by atoms with Gasteiger partial charge in [-0.1, -0.05) is 74.3 Å². The van der Waals surface area contributed by atoms with Crippen molar-refractivity contribution in [1.82, 2.24) is 0 Å². The Labute approximate surface area is 208 Å². The minimum absolute atomic E-state index is 0. The predicted molar refractivity (Wildman–Crippen MR) is 160 cm³/mol. The van der Waals surface area contributed by atoms with Crippen molar-refractivity contribution in [2.75, 3.05) is 19.5 Å². The lowest BCUT2D eigenvalue weighted by atomic mass is 9.76. The Balaban J connectivity index is 0.00000363. The fourth-order valence-corrected chi connectivity index (χ4v) is 11.4. The lowest BCUT2D eigenvalue weighted by Crippen LogP contribution is -2.19. The summed E-state index contributed by atoms with van der Waals surface area (Å²) in [6.07, 6.45) is 17.5. The highest BCUT2D eigenvalue weighted by Gasteiger charge is 2.55. The fraction of sp³-hybridized carbons (Fsp3) is 0.786. The Morgan fingerprint density at radius 3 is 2.34 bits per heavy atom. The average Bonchev–Trinajstić information content (AvgIpc) is 3.49. The van der Waals surface area contributed by atoms with Gasteiger partial charge >= 0.3 is 0 Å². The van der Waals surface area contributed by atoms with Crippen molar-refractivity contribution in [2.45, 2.75) is 97.6 Å². The Morgan fingerprint density at radius 1 is 1.12 bits per heavy atom. The molecule has 7 unspecified atom stereocenters. The van der Waals surface area contributed by atoms with Crippen LogP contribution in [0, 0.1) is 23.2 Å². The minimum Gasteiger partial charge on any atom is -0.111 e. The van der Waals surface area contributed by atoms with E-state index in [0.29, 0.717) is 0 Å². The molecule has 0 N–H and O–H groups in total. The highest BCUT2D eigenvalue weighted by Crippen LogP contribution is 2.72. The third-order valence-corrected chi connectivity index (χ3v) is 14.0. The molecule has 32 heavy (non-hydrogen) atoms. The molecule has 4 heteroatoms. The highest BCUT2D eigenvalue weighted by atomic mass is 32.0. The molecule has 0 radical (unpaired) electrons. The maximum Gasteiger partial charge on any atom is -0.0115 e. The Bertz CT molecular complexity index is 633. The van der Waals surface area contributed by atoms with Crippen molar-refractivity contribution in [3.8, 4) is 0 Å². The normalized spacial score (nSPS) is 28.3. The molecule has 2 saturated carbocycles. The van der Waals surface area contributed by atoms with Crippen LogP contribution in [0.5, 0.6) is 0 Å². The molecule has 0 aromatic heterocycles. The van der Waals surface area contributed by atoms with Crippen LogP contribution in [0.1, 0.15) is 90.2 Å². The van der Waals surface area contributed by atoms with Gasteiger partial charge in [0.05, 0.1) is 0 Å². The monoisotopic (exact) mass is 512 g/mol. The molecule has 1 aromatic rings. The molecule has 2 aliphatic carbocycles. The summed E-state index contributed by atoms with van der Waals surface area (Å²) in [5, 5.41) is 0. The summed E-state index contributed by atoms with van der Waals surface area (Å²) in [5.41, 5.74) is 4.92. The molecule has 1 aromatic carbocycles. The van der Waals surface area contributed by atoms with Crippen LogP contribution in [0.25, 0.3) is 0 Å². The number of benzene rings is 1. The van der Waals surface area contributed by atoms with Crippen LogP contribution in [-0.2, 0) is 12.8 Å². The summed E-state index contributed by atoms with van der Waals surface area (Å²) in [6, 6.07) is 9.42. The molecule has 0 nitrogen and oxygen atoms in total. The maximum atomic E-state index is 3.14. The molecular formula is C28H52P4. The molecule has 1 spiro atoms. The van der Waals surface area contributed by atoms with E-state index in [0.717, 1.165) is 43.5 Å². The zero-order valence-electron chi connectivity index (χ0n) is 20.6. The van der Waals surface area contributed by atoms with Crippen molar-refractivity contribution >= 4 is 33.1 Å². The van der Waals surface area contributed by atoms with Crippen molar-refractivity contribution in [2.24, 2.45) is 23.2 Å². The Hall–Kier alpha value is 0.940. The summed E-state index contributed by atoms with van der Waals surface area (Å²) in [7, 11) is 5.70. The van der Waals surface area contributed by atoms with Crippen molar-refractivity contribution in [3.05, 3.63) is 35.4 Å². The van der Waals surface area contributed by atoms with E-state index in [1.165, 1.54) is 64.9 Å². The molecule has 7 atom stereocenters. The Morgan fingerprint density at radius 2 is 1.78 bits per heavy atom. The van der Waals surface area contributed by atoms with Gasteiger partial charge < -0.3 is 0 Å². The second kappa shape index (κ2) is 14.5. The van der Waals surface area contributed by atoms with Crippen LogP contribution in [-0.4, -0.2) is 25.2 Å². The number of aryl methyl sites for hydroxylation is 2. The largest absolute Gasteiger partial charge is 0.111 e. The third kappa shape index (κ3) is 8.86. The van der Waals surface area contributed by atoms with Crippen molar-refractivity contribution in [1.29, 1.82) is 0 Å². The Kier molecular flexibility index (Phi) is 13.2. The molecule has 0 amide bonds. The van der Waals surface area contributed by atoms with Gasteiger partial charge in [-0.2, -0.15) is 0 Å². The molecule has 184 valence electrons. The van der Waals surface area contributed by atoms with Gasteiger partial charge in [0, 0.05) is 0 Å². The standard InChI is InChI=1S/C27H48P4.CH4/c1-5-22-8-10-23(11-9-22)12-13-25(20-30-29-3)18-21(2)6-7-24-14-16-27(17-15-24)19-26(27)31(4)28;/h8-11,21,24-26,29-30H,5-7,12-20,28H2,1-4H3;1H4. The average molecular weight is 513 g/mol. The van der Waals surface area contributed by atoms with Gasteiger partial charge in [-0.05, 0) is 117 Å². The molecule has 0 heterocycles. The first-order valence-corrected chi connectivity index (χ1v) is 20.1. The first-order chi connectivity index (χ1) is 15.0. The van der Waals surface area contributed by atoms with Crippen LogP contribution < -0.4 is 0 Å². The quantitative estimate of drug-likeness (QED) is 0.231. The molecule has 0 bridgehead atoms. The van der Waals surface area contributed by atoms with Gasteiger partial charge in [0.2, 0.25) is 0 Å². The topological polar surface area (TPSA) is 0 Å². The van der Waals surface area contributed by atoms with Crippen LogP contribution in [0.15, 0.2) is 24.3 Å². The third-order valence-electron chi connectivity index (χ3n) is 8.38. The number of rotatable bonds is 13. The second-order valence-electron chi connectivity index (χ2n) is 10.8. The summed E-state index contributed by atoms with van der Waals surface area (Å²) in [6.45, 7) is 9.67. The zero-order chi connectivity index (χ0) is 22.3. The van der Waals surface area contributed by atoms with E-state index in [2.05, 4.69) is 60.4 Å². The van der Waals surface area contributed by atoms with Crippen molar-refractivity contribution < 1.29 is 0 Å². The lowest BCUT2D eigenvalue weighted by Gasteiger charge is -2.31. The minimum atomic E-state index is 0. The second-order valence-corrected chi connectivity index (χ2v) is 19.0. The first kappa shape index (κ1) is 29.2. The lowest BCUT2D eigenvalue weighted by molar-refractivity contribution is 0.232. The van der Waals surface area contributed by atoms with Gasteiger partial charge in [-0.3, -0.25) is 0 Å². The van der Waals surface area contributed by atoms with Gasteiger partial charge in [0.15, 0.2) is 0 Å². The van der Waals surface area contributed by atoms with Crippen LogP contribution in [0.4, 0.5) is 0 Å². The van der Waals surface area contributed by atoms with E-state index in [1.54, 1.807) is 24.8 Å². The first-order valence-electron chi connectivity index (χ1n) is 12.9. The molecule has 0 aliphatic heterocycles. The molecule has 0 saturated heterocycles. The van der Waals surface area contributed by atoms with E-state index < -0.39 is 0 Å². The van der Waals surface area contributed by atoms with E-state index in [4.69, 9.17) is 0 Å². The summed E-state index contributed by atoms with van der Waals surface area (Å²) < 4.78 is 0. The van der Waals surface area contributed by atoms with E-state index in [-0.39, 0.29) is 15.0 Å². The van der Waals surface area contributed by atoms with Crippen molar-refractivity contribution in [3.63, 3.8) is 0 Å². The van der Waals surface area contributed by atoms with Crippen LogP contribution >= 0.6 is 33.1 Å². The smallest absolute Gasteiger partial charge is 0.0115 e. The fourth-order valence-electron chi connectivity index (χ4n) is 6.05. The van der Waals surface area contributed by atoms with Crippen LogP contribution in [0.2, 0.25) is 0 Å². The van der Waals surface area contributed by atoms with E-state index >= 15 is 0 Å². The predicted octanol–water partition coefficient (Wildman–Crippen LogP) is 9.99. The summed E-state index contributed by atoms with van der Waals surface area (Å²) in [5.74, 6) is 2.90. The molecular weight excluding hydrogens is 460 g/mol. The van der Waals surface area contributed by atoms with E-state index in [1.807, 2.05) is 0 Å². The maximum absolute atomic E-state index is 3.14. The van der Waals surface area contributed by atoms with Crippen LogP contribution in [0.3, 0.4) is 0 Å². The zero-order valence-corrected chi connectivity index (χ0v) is 24.7. The number of hydrogen-bond donors (Lipinski definition) is 0. The van der Waals surface area contributed by atoms with Gasteiger partial charge in [-0.25, -0.2) is 0 Å².